The minimum atomic E-state index is -0.554. The molecule has 1 unspecified atom stereocenters. The summed E-state index contributed by atoms with van der Waals surface area (Å²) in [7, 11) is 0. The minimum Gasteiger partial charge on any atom is -0.396 e. The molecule has 1 atom stereocenters. The largest absolute Gasteiger partial charge is 0.396 e. The first-order chi connectivity index (χ1) is 8.52. The lowest BCUT2D eigenvalue weighted by atomic mass is 10.1. The smallest absolute Gasteiger partial charge is 0.312 e. The highest BCUT2D eigenvalue weighted by atomic mass is 16.6. The van der Waals surface area contributed by atoms with Gasteiger partial charge in [0.05, 0.1) is 4.92 Å². The number of aliphatic hydroxyl groups is 1. The second-order valence-electron chi connectivity index (χ2n) is 4.31. The van der Waals surface area contributed by atoms with Crippen LogP contribution in [0.2, 0.25) is 0 Å². The second kappa shape index (κ2) is 4.69. The minimum absolute atomic E-state index is 0.0703. The number of pyridine rings is 1. The van der Waals surface area contributed by atoms with Crippen molar-refractivity contribution in [2.24, 2.45) is 5.92 Å². The number of aliphatic hydroxyl groups excluding tert-OH is 1. The molecule has 96 valence electrons. The fraction of sp³-hybridized carbons (Fsp3) is 0.455. The Hall–Kier alpha value is -2.02. The van der Waals surface area contributed by atoms with E-state index >= 15 is 0 Å². The summed E-state index contributed by atoms with van der Waals surface area (Å²) in [4.78, 5) is 27.5. The van der Waals surface area contributed by atoms with E-state index in [1.54, 1.807) is 6.92 Å². The maximum Gasteiger partial charge on any atom is 0.312 e. The van der Waals surface area contributed by atoms with Crippen LogP contribution in [-0.4, -0.2) is 34.1 Å². The molecule has 0 radical (unpaired) electrons. The van der Waals surface area contributed by atoms with Gasteiger partial charge in [-0.3, -0.25) is 19.8 Å². The van der Waals surface area contributed by atoms with Crippen molar-refractivity contribution in [3.05, 3.63) is 27.9 Å². The molecule has 0 aliphatic carbocycles. The molecule has 7 heteroatoms. The predicted octanol–water partition coefficient (Wildman–Crippen LogP) is 0.643. The zero-order valence-electron chi connectivity index (χ0n) is 9.87. The molecule has 2 rings (SSSR count). The number of hydrogen-bond acceptors (Lipinski definition) is 5. The number of amides is 1. The van der Waals surface area contributed by atoms with Gasteiger partial charge in [0.2, 0.25) is 11.7 Å². The Morgan fingerprint density at radius 1 is 1.61 bits per heavy atom. The van der Waals surface area contributed by atoms with Gasteiger partial charge in [-0.2, -0.15) is 0 Å². The summed E-state index contributed by atoms with van der Waals surface area (Å²) < 4.78 is 0. The normalized spacial score (nSPS) is 19.3. The van der Waals surface area contributed by atoms with Gasteiger partial charge >= 0.3 is 5.69 Å². The number of aromatic nitrogens is 1. The van der Waals surface area contributed by atoms with Crippen molar-refractivity contribution in [1.29, 1.82) is 0 Å². The van der Waals surface area contributed by atoms with Crippen LogP contribution in [0, 0.1) is 23.0 Å². The van der Waals surface area contributed by atoms with E-state index in [1.165, 1.54) is 17.0 Å². The fourth-order valence-electron chi connectivity index (χ4n) is 1.99. The topological polar surface area (TPSA) is 96.6 Å². The number of rotatable bonds is 3. The molecule has 2 heterocycles. The van der Waals surface area contributed by atoms with E-state index in [1.807, 2.05) is 0 Å². The maximum absolute atomic E-state index is 11.8. The Kier molecular flexibility index (Phi) is 3.24. The average molecular weight is 251 g/mol. The van der Waals surface area contributed by atoms with Crippen molar-refractivity contribution < 1.29 is 14.8 Å². The van der Waals surface area contributed by atoms with Gasteiger partial charge in [0, 0.05) is 37.3 Å². The zero-order chi connectivity index (χ0) is 13.3. The summed E-state index contributed by atoms with van der Waals surface area (Å²) in [5, 5.41) is 20.0. The SMILES string of the molecule is Cc1ccc([N+](=O)[O-])c(N2CC(CO)CC2=O)n1. The van der Waals surface area contributed by atoms with Gasteiger partial charge in [0.25, 0.3) is 0 Å². The predicted molar refractivity (Wildman–Crippen MR) is 63.2 cm³/mol. The first-order valence-corrected chi connectivity index (χ1v) is 5.56. The number of aryl methyl sites for hydroxylation is 1. The molecule has 1 aromatic rings. The van der Waals surface area contributed by atoms with Gasteiger partial charge < -0.3 is 5.11 Å². The van der Waals surface area contributed by atoms with E-state index in [0.29, 0.717) is 5.69 Å². The number of nitro groups is 1. The summed E-state index contributed by atoms with van der Waals surface area (Å²) in [6, 6.07) is 2.88. The molecule has 7 nitrogen and oxygen atoms in total. The Morgan fingerprint density at radius 2 is 2.33 bits per heavy atom. The van der Waals surface area contributed by atoms with E-state index in [0.717, 1.165) is 0 Å². The number of carbonyl (C=O) groups excluding carboxylic acids is 1. The summed E-state index contributed by atoms with van der Waals surface area (Å²) in [6.07, 6.45) is 0.198. The third kappa shape index (κ3) is 2.17. The van der Waals surface area contributed by atoms with Crippen LogP contribution >= 0.6 is 0 Å². The zero-order valence-corrected chi connectivity index (χ0v) is 9.87. The maximum atomic E-state index is 11.8. The molecular weight excluding hydrogens is 238 g/mol. The van der Waals surface area contributed by atoms with Crippen LogP contribution in [0.1, 0.15) is 12.1 Å². The lowest BCUT2D eigenvalue weighted by Gasteiger charge is -2.15. The summed E-state index contributed by atoms with van der Waals surface area (Å²) in [5.74, 6) is -0.351. The number of nitrogens with zero attached hydrogens (tertiary/aromatic N) is 3. The van der Waals surface area contributed by atoms with Gasteiger partial charge in [-0.25, -0.2) is 4.98 Å². The monoisotopic (exact) mass is 251 g/mol. The third-order valence-electron chi connectivity index (χ3n) is 2.91. The first-order valence-electron chi connectivity index (χ1n) is 5.56. The van der Waals surface area contributed by atoms with Crippen molar-refractivity contribution in [3.8, 4) is 0 Å². The average Bonchev–Trinajstić information content (AvgIpc) is 2.70. The van der Waals surface area contributed by atoms with Gasteiger partial charge in [-0.05, 0) is 13.0 Å². The summed E-state index contributed by atoms with van der Waals surface area (Å²) in [6.45, 7) is 1.87. The standard InChI is InChI=1S/C11H13N3O4/c1-7-2-3-9(14(17)18)11(12-7)13-5-8(6-15)4-10(13)16/h2-3,8,15H,4-6H2,1H3. The van der Waals surface area contributed by atoms with Crippen molar-refractivity contribution in [2.75, 3.05) is 18.1 Å². The van der Waals surface area contributed by atoms with Crippen LogP contribution in [0.3, 0.4) is 0 Å². The van der Waals surface area contributed by atoms with Gasteiger partial charge in [-0.1, -0.05) is 0 Å². The number of hydrogen-bond donors (Lipinski definition) is 1. The second-order valence-corrected chi connectivity index (χ2v) is 4.31. The first kappa shape index (κ1) is 12.4. The van der Waals surface area contributed by atoms with Gasteiger partial charge in [0.1, 0.15) is 0 Å². The van der Waals surface area contributed by atoms with Crippen molar-refractivity contribution in [1.82, 2.24) is 4.98 Å². The van der Waals surface area contributed by atoms with Gasteiger partial charge in [0.15, 0.2) is 0 Å². The van der Waals surface area contributed by atoms with Crippen LogP contribution in [0.15, 0.2) is 12.1 Å². The van der Waals surface area contributed by atoms with Crippen LogP contribution in [0.25, 0.3) is 0 Å². The molecule has 1 aromatic heterocycles. The van der Waals surface area contributed by atoms with Gasteiger partial charge in [-0.15, -0.1) is 0 Å². The molecule has 1 N–H and O–H groups in total. The van der Waals surface area contributed by atoms with E-state index in [2.05, 4.69) is 4.98 Å². The Bertz CT molecular complexity index is 503. The fourth-order valence-corrected chi connectivity index (χ4v) is 1.99. The van der Waals surface area contributed by atoms with Crippen molar-refractivity contribution >= 4 is 17.4 Å². The molecule has 0 aromatic carbocycles. The molecule has 1 aliphatic rings. The summed E-state index contributed by atoms with van der Waals surface area (Å²) in [5.41, 5.74) is 0.420. The van der Waals surface area contributed by atoms with E-state index in [-0.39, 0.29) is 42.9 Å². The molecule has 0 bridgehead atoms. The molecule has 0 saturated carbocycles. The van der Waals surface area contributed by atoms with Crippen LogP contribution in [-0.2, 0) is 4.79 Å². The highest BCUT2D eigenvalue weighted by Gasteiger charge is 2.34. The van der Waals surface area contributed by atoms with Crippen LogP contribution in [0.4, 0.5) is 11.5 Å². The highest BCUT2D eigenvalue weighted by Crippen LogP contribution is 2.31. The molecule has 1 aliphatic heterocycles. The lowest BCUT2D eigenvalue weighted by Crippen LogP contribution is -2.27. The van der Waals surface area contributed by atoms with E-state index in [9.17, 15) is 14.9 Å². The Morgan fingerprint density at radius 3 is 2.89 bits per heavy atom. The third-order valence-corrected chi connectivity index (χ3v) is 2.91. The Balaban J connectivity index is 2.41. The number of anilines is 1. The van der Waals surface area contributed by atoms with E-state index < -0.39 is 4.92 Å². The van der Waals surface area contributed by atoms with Crippen LogP contribution in [0.5, 0.6) is 0 Å². The Labute approximate surface area is 103 Å². The molecule has 1 saturated heterocycles. The van der Waals surface area contributed by atoms with Crippen LogP contribution < -0.4 is 4.90 Å². The molecular formula is C11H13N3O4. The molecule has 18 heavy (non-hydrogen) atoms. The van der Waals surface area contributed by atoms with Crippen molar-refractivity contribution in [3.63, 3.8) is 0 Å². The number of carbonyl (C=O) groups is 1. The lowest BCUT2D eigenvalue weighted by molar-refractivity contribution is -0.384. The quantitative estimate of drug-likeness (QED) is 0.628. The van der Waals surface area contributed by atoms with E-state index in [4.69, 9.17) is 5.11 Å². The summed E-state index contributed by atoms with van der Waals surface area (Å²) >= 11 is 0. The molecule has 1 fully saturated rings. The highest BCUT2D eigenvalue weighted by molar-refractivity contribution is 5.96. The molecule has 0 spiro atoms. The molecule has 1 amide bonds. The van der Waals surface area contributed by atoms with Crippen molar-refractivity contribution in [2.45, 2.75) is 13.3 Å².